The highest BCUT2D eigenvalue weighted by Gasteiger charge is 2.02. The summed E-state index contributed by atoms with van der Waals surface area (Å²) in [5.74, 6) is -1.46. The first-order chi connectivity index (χ1) is 5.07. The van der Waals surface area contributed by atoms with Crippen molar-refractivity contribution in [3.8, 4) is 0 Å². The minimum absolute atomic E-state index is 0.152. The van der Waals surface area contributed by atoms with Gasteiger partial charge in [0, 0.05) is 5.57 Å². The van der Waals surface area contributed by atoms with Gasteiger partial charge in [-0.1, -0.05) is 6.08 Å². The van der Waals surface area contributed by atoms with Crippen LogP contribution in [0.25, 0.3) is 0 Å². The van der Waals surface area contributed by atoms with E-state index in [2.05, 4.69) is 4.74 Å². The molecule has 0 aliphatic heterocycles. The number of carboxylic acids is 1. The van der Waals surface area contributed by atoms with Crippen LogP contribution in [0.4, 0.5) is 0 Å². The van der Waals surface area contributed by atoms with Crippen molar-refractivity contribution in [3.63, 3.8) is 0 Å². The van der Waals surface area contributed by atoms with Crippen LogP contribution in [0.2, 0.25) is 0 Å². The lowest BCUT2D eigenvalue weighted by molar-refractivity contribution is -0.136. The first-order valence-corrected chi connectivity index (χ1v) is 3.04. The second-order valence-electron chi connectivity index (χ2n) is 1.98. The molecule has 0 heterocycles. The van der Waals surface area contributed by atoms with E-state index >= 15 is 0 Å². The number of carboxylic acid groups (broad SMARTS) is 1. The third-order valence-corrected chi connectivity index (χ3v) is 1.09. The van der Waals surface area contributed by atoms with Crippen molar-refractivity contribution in [2.24, 2.45) is 0 Å². The van der Waals surface area contributed by atoms with Gasteiger partial charge in [0.2, 0.25) is 0 Å². The average molecular weight is 158 g/mol. The van der Waals surface area contributed by atoms with Crippen molar-refractivity contribution in [1.29, 1.82) is 0 Å². The molecule has 0 aromatic rings. The Labute approximate surface area is 64.5 Å². The fourth-order valence-electron chi connectivity index (χ4n) is 0.485. The van der Waals surface area contributed by atoms with Gasteiger partial charge in [-0.15, -0.1) is 0 Å². The Bertz CT molecular complexity index is 193. The van der Waals surface area contributed by atoms with E-state index in [-0.39, 0.29) is 6.42 Å². The SMILES string of the molecule is COC(=O)C(C)=CCC(=O)O. The molecule has 0 bridgehead atoms. The molecule has 0 aromatic carbocycles. The van der Waals surface area contributed by atoms with Gasteiger partial charge in [-0.05, 0) is 6.92 Å². The zero-order valence-corrected chi connectivity index (χ0v) is 6.46. The van der Waals surface area contributed by atoms with Crippen LogP contribution >= 0.6 is 0 Å². The smallest absolute Gasteiger partial charge is 0.333 e. The fourth-order valence-corrected chi connectivity index (χ4v) is 0.485. The molecule has 0 saturated carbocycles. The number of carbonyl (C=O) groups excluding carboxylic acids is 1. The monoisotopic (exact) mass is 158 g/mol. The van der Waals surface area contributed by atoms with Gasteiger partial charge in [-0.3, -0.25) is 4.79 Å². The lowest BCUT2D eigenvalue weighted by Gasteiger charge is -1.95. The number of hydrogen-bond acceptors (Lipinski definition) is 3. The van der Waals surface area contributed by atoms with Gasteiger partial charge in [0.1, 0.15) is 0 Å². The van der Waals surface area contributed by atoms with Crippen molar-refractivity contribution in [3.05, 3.63) is 11.6 Å². The Hall–Kier alpha value is -1.32. The van der Waals surface area contributed by atoms with Crippen LogP contribution < -0.4 is 0 Å². The van der Waals surface area contributed by atoms with Crippen LogP contribution in [0.15, 0.2) is 11.6 Å². The summed E-state index contributed by atoms with van der Waals surface area (Å²) in [4.78, 5) is 20.7. The molecule has 0 rings (SSSR count). The maximum absolute atomic E-state index is 10.6. The Morgan fingerprint density at radius 1 is 1.55 bits per heavy atom. The van der Waals surface area contributed by atoms with E-state index < -0.39 is 11.9 Å². The molecule has 0 radical (unpaired) electrons. The van der Waals surface area contributed by atoms with E-state index in [1.54, 1.807) is 0 Å². The summed E-state index contributed by atoms with van der Waals surface area (Å²) in [5, 5.41) is 8.22. The number of rotatable bonds is 3. The number of carbonyl (C=O) groups is 2. The largest absolute Gasteiger partial charge is 0.481 e. The van der Waals surface area contributed by atoms with Gasteiger partial charge < -0.3 is 9.84 Å². The maximum atomic E-state index is 10.6. The Morgan fingerprint density at radius 3 is 2.45 bits per heavy atom. The standard InChI is InChI=1S/C7H10O4/c1-5(7(10)11-2)3-4-6(8)9/h3H,4H2,1-2H3,(H,8,9). The summed E-state index contributed by atoms with van der Waals surface area (Å²) < 4.78 is 4.34. The zero-order chi connectivity index (χ0) is 8.85. The van der Waals surface area contributed by atoms with Gasteiger partial charge in [-0.2, -0.15) is 0 Å². The van der Waals surface area contributed by atoms with Crippen molar-refractivity contribution in [1.82, 2.24) is 0 Å². The molecule has 0 unspecified atom stereocenters. The van der Waals surface area contributed by atoms with Crippen molar-refractivity contribution in [2.75, 3.05) is 7.11 Å². The fraction of sp³-hybridized carbons (Fsp3) is 0.429. The highest BCUT2D eigenvalue weighted by molar-refractivity contribution is 5.88. The number of hydrogen-bond donors (Lipinski definition) is 1. The van der Waals surface area contributed by atoms with E-state index in [9.17, 15) is 9.59 Å². The topological polar surface area (TPSA) is 63.6 Å². The van der Waals surface area contributed by atoms with Crippen LogP contribution in [0.3, 0.4) is 0 Å². The van der Waals surface area contributed by atoms with Crippen LogP contribution in [-0.2, 0) is 14.3 Å². The van der Waals surface area contributed by atoms with Gasteiger partial charge in [0.25, 0.3) is 0 Å². The number of ether oxygens (including phenoxy) is 1. The lowest BCUT2D eigenvalue weighted by atomic mass is 10.2. The highest BCUT2D eigenvalue weighted by atomic mass is 16.5. The molecule has 0 aromatic heterocycles. The van der Waals surface area contributed by atoms with Crippen molar-refractivity contribution in [2.45, 2.75) is 13.3 Å². The van der Waals surface area contributed by atoms with E-state index in [4.69, 9.17) is 5.11 Å². The quantitative estimate of drug-likeness (QED) is 0.482. The Morgan fingerprint density at radius 2 is 2.09 bits per heavy atom. The van der Waals surface area contributed by atoms with Gasteiger partial charge in [-0.25, -0.2) is 4.79 Å². The van der Waals surface area contributed by atoms with Crippen LogP contribution in [0.5, 0.6) is 0 Å². The zero-order valence-electron chi connectivity index (χ0n) is 6.46. The maximum Gasteiger partial charge on any atom is 0.333 e. The molecule has 0 fully saturated rings. The molecule has 0 aliphatic carbocycles. The predicted octanol–water partition coefficient (Wildman–Crippen LogP) is 0.580. The van der Waals surface area contributed by atoms with E-state index in [1.807, 2.05) is 0 Å². The molecule has 1 N–H and O–H groups in total. The average Bonchev–Trinajstić information content (AvgIpc) is 1.98. The number of esters is 1. The van der Waals surface area contributed by atoms with Crippen molar-refractivity contribution >= 4 is 11.9 Å². The summed E-state index contributed by atoms with van der Waals surface area (Å²) >= 11 is 0. The van der Waals surface area contributed by atoms with E-state index in [0.717, 1.165) is 0 Å². The third kappa shape index (κ3) is 4.13. The van der Waals surface area contributed by atoms with Gasteiger partial charge in [0.05, 0.1) is 13.5 Å². The lowest BCUT2D eigenvalue weighted by Crippen LogP contribution is -2.02. The summed E-state index contributed by atoms with van der Waals surface area (Å²) in [6.07, 6.45) is 1.16. The first-order valence-electron chi connectivity index (χ1n) is 3.04. The molecule has 0 spiro atoms. The first kappa shape index (κ1) is 9.68. The number of methoxy groups -OCH3 is 1. The molecular formula is C7H10O4. The second kappa shape index (κ2) is 4.49. The summed E-state index contributed by atoms with van der Waals surface area (Å²) in [7, 11) is 1.25. The molecular weight excluding hydrogens is 148 g/mol. The van der Waals surface area contributed by atoms with Crippen LogP contribution in [0.1, 0.15) is 13.3 Å². The van der Waals surface area contributed by atoms with Gasteiger partial charge in [0.15, 0.2) is 0 Å². The Kier molecular flexibility index (Phi) is 3.95. The molecule has 62 valence electrons. The third-order valence-electron chi connectivity index (χ3n) is 1.09. The predicted molar refractivity (Wildman–Crippen MR) is 38.0 cm³/mol. The molecule has 0 atom stereocenters. The van der Waals surface area contributed by atoms with E-state index in [0.29, 0.717) is 5.57 Å². The molecule has 11 heavy (non-hydrogen) atoms. The summed E-state index contributed by atoms with van der Waals surface area (Å²) in [6, 6.07) is 0. The highest BCUT2D eigenvalue weighted by Crippen LogP contribution is 1.97. The van der Waals surface area contributed by atoms with Gasteiger partial charge >= 0.3 is 11.9 Å². The molecule has 0 saturated heterocycles. The minimum atomic E-state index is -0.965. The Balaban J connectivity index is 4.00. The number of aliphatic carboxylic acids is 1. The summed E-state index contributed by atoms with van der Waals surface area (Å²) in [5.41, 5.74) is 0.315. The van der Waals surface area contributed by atoms with Crippen LogP contribution in [-0.4, -0.2) is 24.2 Å². The second-order valence-corrected chi connectivity index (χ2v) is 1.98. The molecule has 0 amide bonds. The van der Waals surface area contributed by atoms with Crippen LogP contribution in [0, 0.1) is 0 Å². The summed E-state index contributed by atoms with van der Waals surface area (Å²) in [6.45, 7) is 1.51. The van der Waals surface area contributed by atoms with E-state index in [1.165, 1.54) is 20.1 Å². The molecule has 4 heteroatoms. The normalized spacial score (nSPS) is 10.9. The minimum Gasteiger partial charge on any atom is -0.481 e. The molecule has 0 aliphatic rings. The molecule has 4 nitrogen and oxygen atoms in total. The van der Waals surface area contributed by atoms with Crippen molar-refractivity contribution < 1.29 is 19.4 Å².